The standard InChI is InChI=1S/C19H21BrN6O3/c1-9(2)8-25-17-13(20)14(11-4-3-7-22-15(11)21)24-26(17)19(29)12(18(25)28)16(27)23-10-5-6-10/h3-4,7,9-10,29H,5-6,8H2,1-2H3,(H2,21,22)(H,23,27). The zero-order chi connectivity index (χ0) is 20.9. The second kappa shape index (κ2) is 7.18. The molecular formula is C19H21BrN6O3. The van der Waals surface area contributed by atoms with E-state index in [1.54, 1.807) is 18.3 Å². The van der Waals surface area contributed by atoms with Gasteiger partial charge in [-0.2, -0.15) is 9.61 Å². The minimum Gasteiger partial charge on any atom is -0.492 e. The molecule has 0 bridgehead atoms. The summed E-state index contributed by atoms with van der Waals surface area (Å²) < 4.78 is 3.15. The minimum atomic E-state index is -0.594. The summed E-state index contributed by atoms with van der Waals surface area (Å²) in [6.45, 7) is 4.27. The molecule has 1 amide bonds. The van der Waals surface area contributed by atoms with E-state index in [1.807, 2.05) is 13.8 Å². The molecule has 1 aliphatic rings. The van der Waals surface area contributed by atoms with Gasteiger partial charge in [0.05, 0.1) is 4.47 Å². The molecule has 29 heavy (non-hydrogen) atoms. The van der Waals surface area contributed by atoms with Crippen molar-refractivity contribution in [1.29, 1.82) is 0 Å². The van der Waals surface area contributed by atoms with Gasteiger partial charge >= 0.3 is 0 Å². The highest BCUT2D eigenvalue weighted by Gasteiger charge is 2.31. The topological polar surface area (TPSA) is 128 Å². The van der Waals surface area contributed by atoms with Crippen molar-refractivity contribution in [1.82, 2.24) is 24.5 Å². The number of nitrogen functional groups attached to an aromatic ring is 1. The second-order valence-electron chi connectivity index (χ2n) is 7.59. The molecule has 0 unspecified atom stereocenters. The van der Waals surface area contributed by atoms with Crippen LogP contribution < -0.4 is 16.6 Å². The van der Waals surface area contributed by atoms with E-state index in [1.165, 1.54) is 9.08 Å². The van der Waals surface area contributed by atoms with E-state index in [0.717, 1.165) is 12.8 Å². The van der Waals surface area contributed by atoms with E-state index in [-0.39, 0.29) is 23.3 Å². The Labute approximate surface area is 174 Å². The van der Waals surface area contributed by atoms with E-state index >= 15 is 0 Å². The average molecular weight is 461 g/mol. The number of anilines is 1. The Kier molecular flexibility index (Phi) is 4.81. The average Bonchev–Trinajstić information content (AvgIpc) is 3.40. The molecule has 0 spiro atoms. The second-order valence-corrected chi connectivity index (χ2v) is 8.38. The van der Waals surface area contributed by atoms with Crippen LogP contribution in [0.2, 0.25) is 0 Å². The van der Waals surface area contributed by atoms with Gasteiger partial charge < -0.3 is 16.2 Å². The van der Waals surface area contributed by atoms with Crippen molar-refractivity contribution in [2.24, 2.45) is 5.92 Å². The lowest BCUT2D eigenvalue weighted by Gasteiger charge is -2.14. The molecule has 0 aliphatic heterocycles. The first-order valence-electron chi connectivity index (χ1n) is 9.35. The number of carbonyl (C=O) groups is 1. The Morgan fingerprint density at radius 3 is 2.79 bits per heavy atom. The highest BCUT2D eigenvalue weighted by atomic mass is 79.9. The number of nitrogens with two attached hydrogens (primary N) is 1. The first kappa shape index (κ1) is 19.4. The van der Waals surface area contributed by atoms with Crippen molar-refractivity contribution in [2.45, 2.75) is 39.3 Å². The number of aromatic hydroxyl groups is 1. The minimum absolute atomic E-state index is 0.0469. The van der Waals surface area contributed by atoms with E-state index in [9.17, 15) is 14.7 Å². The van der Waals surface area contributed by atoms with Crippen LogP contribution in [0.25, 0.3) is 16.9 Å². The number of amides is 1. The third kappa shape index (κ3) is 3.37. The van der Waals surface area contributed by atoms with Gasteiger partial charge in [-0.25, -0.2) is 4.98 Å². The molecular weight excluding hydrogens is 440 g/mol. The van der Waals surface area contributed by atoms with Gasteiger partial charge in [0.1, 0.15) is 11.5 Å². The zero-order valence-corrected chi connectivity index (χ0v) is 17.6. The largest absolute Gasteiger partial charge is 0.492 e. The highest BCUT2D eigenvalue weighted by molar-refractivity contribution is 9.10. The maximum Gasteiger partial charge on any atom is 0.270 e. The first-order valence-corrected chi connectivity index (χ1v) is 10.1. The summed E-state index contributed by atoms with van der Waals surface area (Å²) in [6, 6.07) is 3.51. The molecule has 3 aromatic rings. The summed E-state index contributed by atoms with van der Waals surface area (Å²) in [6.07, 6.45) is 3.30. The van der Waals surface area contributed by atoms with Crippen molar-refractivity contribution in [3.8, 4) is 17.1 Å². The van der Waals surface area contributed by atoms with Gasteiger partial charge in [-0.05, 0) is 46.8 Å². The third-order valence-electron chi connectivity index (χ3n) is 4.72. The van der Waals surface area contributed by atoms with Crippen LogP contribution in [0.3, 0.4) is 0 Å². The van der Waals surface area contributed by atoms with Gasteiger partial charge in [0, 0.05) is 24.3 Å². The molecule has 3 heterocycles. The summed E-state index contributed by atoms with van der Waals surface area (Å²) >= 11 is 3.51. The first-order chi connectivity index (χ1) is 13.8. The predicted octanol–water partition coefficient (Wildman–Crippen LogP) is 2.16. The van der Waals surface area contributed by atoms with Crippen molar-refractivity contribution in [3.05, 3.63) is 38.7 Å². The Morgan fingerprint density at radius 2 is 2.17 bits per heavy atom. The molecule has 4 rings (SSSR count). The fraction of sp³-hybridized carbons (Fsp3) is 0.368. The van der Waals surface area contributed by atoms with Gasteiger partial charge in [-0.15, -0.1) is 0 Å². The molecule has 0 atom stereocenters. The van der Waals surface area contributed by atoms with Gasteiger partial charge in [-0.1, -0.05) is 13.8 Å². The number of nitrogens with zero attached hydrogens (tertiary/aromatic N) is 4. The fourth-order valence-electron chi connectivity index (χ4n) is 3.21. The lowest BCUT2D eigenvalue weighted by Crippen LogP contribution is -2.36. The molecule has 1 saturated carbocycles. The van der Waals surface area contributed by atoms with E-state index in [2.05, 4.69) is 31.3 Å². The van der Waals surface area contributed by atoms with Crippen LogP contribution in [0.4, 0.5) is 5.82 Å². The van der Waals surface area contributed by atoms with Crippen molar-refractivity contribution in [3.63, 3.8) is 0 Å². The number of halogens is 1. The lowest BCUT2D eigenvalue weighted by molar-refractivity contribution is 0.0944. The summed E-state index contributed by atoms with van der Waals surface area (Å²) in [5, 5.41) is 18.0. The molecule has 9 nitrogen and oxygen atoms in total. The third-order valence-corrected chi connectivity index (χ3v) is 5.45. The van der Waals surface area contributed by atoms with Gasteiger partial charge in [-0.3, -0.25) is 14.2 Å². The summed E-state index contributed by atoms with van der Waals surface area (Å²) in [5.41, 5.74) is 6.44. The molecule has 10 heteroatoms. The van der Waals surface area contributed by atoms with Crippen LogP contribution in [0.5, 0.6) is 5.88 Å². The van der Waals surface area contributed by atoms with Gasteiger partial charge in [0.2, 0.25) is 5.88 Å². The zero-order valence-electron chi connectivity index (χ0n) is 16.0. The van der Waals surface area contributed by atoms with Crippen molar-refractivity contribution >= 4 is 33.3 Å². The SMILES string of the molecule is CC(C)Cn1c(=O)c(C(=O)NC2CC2)c(O)n2nc(-c3cccnc3N)c(Br)c12. The maximum absolute atomic E-state index is 13.2. The molecule has 3 aromatic heterocycles. The molecule has 4 N–H and O–H groups in total. The van der Waals surface area contributed by atoms with E-state index in [0.29, 0.717) is 27.9 Å². The molecule has 1 aliphatic carbocycles. The van der Waals surface area contributed by atoms with Crippen LogP contribution in [-0.4, -0.2) is 36.2 Å². The van der Waals surface area contributed by atoms with Gasteiger partial charge in [0.25, 0.3) is 11.5 Å². The Morgan fingerprint density at radius 1 is 1.45 bits per heavy atom. The number of carbonyl (C=O) groups excluding carboxylic acids is 1. The number of pyridine rings is 1. The van der Waals surface area contributed by atoms with Crippen molar-refractivity contribution < 1.29 is 9.90 Å². The Hall–Kier alpha value is -2.88. The number of fused-ring (bicyclic) bond motifs is 1. The number of aromatic nitrogens is 4. The highest BCUT2D eigenvalue weighted by Crippen LogP contribution is 2.35. The number of hydrogen-bond donors (Lipinski definition) is 3. The van der Waals surface area contributed by atoms with E-state index < -0.39 is 17.3 Å². The summed E-state index contributed by atoms with van der Waals surface area (Å²) in [4.78, 5) is 29.9. The molecule has 152 valence electrons. The lowest BCUT2D eigenvalue weighted by atomic mass is 10.2. The van der Waals surface area contributed by atoms with E-state index in [4.69, 9.17) is 5.73 Å². The number of nitrogens with one attached hydrogen (secondary N) is 1. The normalized spacial score (nSPS) is 13.9. The monoisotopic (exact) mass is 460 g/mol. The number of hydrogen-bond acceptors (Lipinski definition) is 6. The Bertz CT molecular complexity index is 1180. The number of rotatable bonds is 5. The molecule has 0 saturated heterocycles. The smallest absolute Gasteiger partial charge is 0.270 e. The molecule has 0 aromatic carbocycles. The molecule has 1 fully saturated rings. The van der Waals surface area contributed by atoms with Crippen LogP contribution in [0.15, 0.2) is 27.6 Å². The van der Waals surface area contributed by atoms with Crippen LogP contribution in [0, 0.1) is 5.92 Å². The fourth-order valence-corrected chi connectivity index (χ4v) is 3.89. The summed E-state index contributed by atoms with van der Waals surface area (Å²) in [7, 11) is 0. The molecule has 0 radical (unpaired) electrons. The van der Waals surface area contributed by atoms with Crippen LogP contribution >= 0.6 is 15.9 Å². The van der Waals surface area contributed by atoms with Crippen LogP contribution in [0.1, 0.15) is 37.0 Å². The maximum atomic E-state index is 13.2. The van der Waals surface area contributed by atoms with Gasteiger partial charge in [0.15, 0.2) is 11.2 Å². The predicted molar refractivity (Wildman–Crippen MR) is 112 cm³/mol. The Balaban J connectivity index is 2.01. The quantitative estimate of drug-likeness (QED) is 0.535. The summed E-state index contributed by atoms with van der Waals surface area (Å²) in [5.74, 6) is -0.712. The van der Waals surface area contributed by atoms with Crippen molar-refractivity contribution in [2.75, 3.05) is 5.73 Å². The van der Waals surface area contributed by atoms with Crippen LogP contribution in [-0.2, 0) is 6.54 Å².